The number of aliphatic hydroxyl groups is 1. The maximum absolute atomic E-state index is 11.4. The Bertz CT molecular complexity index is 291. The molecule has 13 heavy (non-hydrogen) atoms. The summed E-state index contributed by atoms with van der Waals surface area (Å²) in [5.41, 5.74) is -0.748. The average Bonchev–Trinajstić information content (AvgIpc) is 2.79. The number of rotatable bonds is 4. The second-order valence-electron chi connectivity index (χ2n) is 4.14. The normalized spacial score (nSPS) is 26.8. The summed E-state index contributed by atoms with van der Waals surface area (Å²) in [7, 11) is -3.11. The second-order valence-corrected chi connectivity index (χ2v) is 6.19. The predicted octanol–water partition coefficient (Wildman–Crippen LogP) is -0.0168. The van der Waals surface area contributed by atoms with Gasteiger partial charge in [0, 0.05) is 6.54 Å². The largest absolute Gasteiger partial charge is 0.389 e. The van der Waals surface area contributed by atoms with Crippen molar-refractivity contribution < 1.29 is 13.5 Å². The van der Waals surface area contributed by atoms with Crippen molar-refractivity contribution in [2.24, 2.45) is 0 Å². The highest BCUT2D eigenvalue weighted by molar-refractivity contribution is 7.90. The minimum atomic E-state index is -3.11. The third-order valence-corrected chi connectivity index (χ3v) is 4.75. The lowest BCUT2D eigenvalue weighted by Gasteiger charge is -2.36. The SMILES string of the molecule is O=S(=O)(NCC1(O)CCC1)C1CC1. The van der Waals surface area contributed by atoms with Gasteiger partial charge in [0.05, 0.1) is 10.9 Å². The van der Waals surface area contributed by atoms with Crippen molar-refractivity contribution in [3.63, 3.8) is 0 Å². The van der Waals surface area contributed by atoms with E-state index < -0.39 is 15.6 Å². The lowest BCUT2D eigenvalue weighted by atomic mass is 9.81. The molecule has 76 valence electrons. The van der Waals surface area contributed by atoms with E-state index in [1.807, 2.05) is 0 Å². The van der Waals surface area contributed by atoms with E-state index in [2.05, 4.69) is 4.72 Å². The van der Waals surface area contributed by atoms with Gasteiger partial charge >= 0.3 is 0 Å². The number of sulfonamides is 1. The van der Waals surface area contributed by atoms with Crippen molar-refractivity contribution in [3.8, 4) is 0 Å². The maximum atomic E-state index is 11.4. The Morgan fingerprint density at radius 3 is 2.38 bits per heavy atom. The fourth-order valence-electron chi connectivity index (χ4n) is 1.49. The highest BCUT2D eigenvalue weighted by Gasteiger charge is 2.39. The molecule has 0 aromatic rings. The van der Waals surface area contributed by atoms with Crippen molar-refractivity contribution in [1.82, 2.24) is 4.72 Å². The first kappa shape index (κ1) is 9.43. The van der Waals surface area contributed by atoms with E-state index in [1.165, 1.54) is 0 Å². The molecule has 0 spiro atoms. The van der Waals surface area contributed by atoms with Gasteiger partial charge in [-0.2, -0.15) is 0 Å². The molecular formula is C8H15NO3S. The van der Waals surface area contributed by atoms with Crippen molar-refractivity contribution >= 4 is 10.0 Å². The molecule has 0 heterocycles. The molecule has 2 N–H and O–H groups in total. The molecule has 2 rings (SSSR count). The lowest BCUT2D eigenvalue weighted by Crippen LogP contribution is -2.48. The molecule has 2 saturated carbocycles. The minimum absolute atomic E-state index is 0.184. The van der Waals surface area contributed by atoms with Gasteiger partial charge in [0.2, 0.25) is 10.0 Å². The summed E-state index contributed by atoms with van der Waals surface area (Å²) in [6, 6.07) is 0. The van der Waals surface area contributed by atoms with Gasteiger partial charge in [-0.1, -0.05) is 0 Å². The van der Waals surface area contributed by atoms with Gasteiger partial charge < -0.3 is 5.11 Å². The van der Waals surface area contributed by atoms with E-state index in [0.29, 0.717) is 0 Å². The van der Waals surface area contributed by atoms with Crippen LogP contribution in [0.3, 0.4) is 0 Å². The zero-order valence-corrected chi connectivity index (χ0v) is 8.31. The highest BCUT2D eigenvalue weighted by atomic mass is 32.2. The fraction of sp³-hybridized carbons (Fsp3) is 1.00. The molecule has 2 aliphatic rings. The van der Waals surface area contributed by atoms with Crippen LogP contribution in [-0.2, 0) is 10.0 Å². The third kappa shape index (κ3) is 2.03. The van der Waals surface area contributed by atoms with Crippen molar-refractivity contribution in [3.05, 3.63) is 0 Å². The van der Waals surface area contributed by atoms with Crippen LogP contribution in [0.2, 0.25) is 0 Å². The van der Waals surface area contributed by atoms with E-state index in [-0.39, 0.29) is 11.8 Å². The summed E-state index contributed by atoms with van der Waals surface area (Å²) < 4.78 is 25.2. The molecule has 0 unspecified atom stereocenters. The smallest absolute Gasteiger partial charge is 0.214 e. The van der Waals surface area contributed by atoms with Crippen LogP contribution in [0.15, 0.2) is 0 Å². The standard InChI is InChI=1S/C8H15NO3S/c10-8(4-1-5-8)6-9-13(11,12)7-2-3-7/h7,9-10H,1-6H2. The Balaban J connectivity index is 1.84. The number of hydrogen-bond donors (Lipinski definition) is 2. The first-order valence-electron chi connectivity index (χ1n) is 4.73. The van der Waals surface area contributed by atoms with Crippen molar-refractivity contribution in [1.29, 1.82) is 0 Å². The topological polar surface area (TPSA) is 66.4 Å². The summed E-state index contributed by atoms with van der Waals surface area (Å²) in [6.45, 7) is 0.200. The van der Waals surface area contributed by atoms with Crippen LogP contribution < -0.4 is 4.72 Å². The summed E-state index contributed by atoms with van der Waals surface area (Å²) in [4.78, 5) is 0. The van der Waals surface area contributed by atoms with E-state index in [4.69, 9.17) is 0 Å². The van der Waals surface area contributed by atoms with Crippen LogP contribution in [0.25, 0.3) is 0 Å². The summed E-state index contributed by atoms with van der Waals surface area (Å²) in [6.07, 6.45) is 3.99. The van der Waals surface area contributed by atoms with Gasteiger partial charge in [-0.3, -0.25) is 0 Å². The molecule has 0 radical (unpaired) electrons. The number of nitrogens with one attached hydrogen (secondary N) is 1. The Morgan fingerprint density at radius 1 is 1.38 bits per heavy atom. The molecule has 2 fully saturated rings. The van der Waals surface area contributed by atoms with Gasteiger partial charge in [0.25, 0.3) is 0 Å². The molecule has 2 aliphatic carbocycles. The van der Waals surface area contributed by atoms with Gasteiger partial charge in [-0.15, -0.1) is 0 Å². The molecule has 4 nitrogen and oxygen atoms in total. The number of hydrogen-bond acceptors (Lipinski definition) is 3. The van der Waals surface area contributed by atoms with Crippen molar-refractivity contribution in [2.45, 2.75) is 43.0 Å². The maximum Gasteiger partial charge on any atom is 0.214 e. The van der Waals surface area contributed by atoms with Crippen LogP contribution in [0, 0.1) is 0 Å². The van der Waals surface area contributed by atoms with Crippen LogP contribution in [-0.4, -0.2) is 30.9 Å². The minimum Gasteiger partial charge on any atom is -0.389 e. The Morgan fingerprint density at radius 2 is 2.00 bits per heavy atom. The third-order valence-electron chi connectivity index (χ3n) is 2.85. The second kappa shape index (κ2) is 2.93. The van der Waals surface area contributed by atoms with E-state index >= 15 is 0 Å². The molecule has 0 amide bonds. The van der Waals surface area contributed by atoms with Gasteiger partial charge in [0.15, 0.2) is 0 Å². The monoisotopic (exact) mass is 205 g/mol. The molecule has 0 aromatic heterocycles. The van der Waals surface area contributed by atoms with Crippen LogP contribution >= 0.6 is 0 Å². The molecule has 5 heteroatoms. The molecular weight excluding hydrogens is 190 g/mol. The highest BCUT2D eigenvalue weighted by Crippen LogP contribution is 2.32. The fourth-order valence-corrected chi connectivity index (χ4v) is 2.96. The summed E-state index contributed by atoms with van der Waals surface area (Å²) in [5.74, 6) is 0. The Hall–Kier alpha value is -0.130. The van der Waals surface area contributed by atoms with Crippen LogP contribution in [0.1, 0.15) is 32.1 Å². The first-order valence-corrected chi connectivity index (χ1v) is 6.27. The Labute approximate surface area is 78.4 Å². The molecule has 0 aliphatic heterocycles. The van der Waals surface area contributed by atoms with E-state index in [0.717, 1.165) is 32.1 Å². The quantitative estimate of drug-likeness (QED) is 0.678. The lowest BCUT2D eigenvalue weighted by molar-refractivity contribution is -0.0271. The molecule has 0 atom stereocenters. The van der Waals surface area contributed by atoms with Crippen LogP contribution in [0.5, 0.6) is 0 Å². The zero-order chi connectivity index (χ0) is 9.53. The van der Waals surface area contributed by atoms with Gasteiger partial charge in [-0.05, 0) is 32.1 Å². The van der Waals surface area contributed by atoms with Crippen molar-refractivity contribution in [2.75, 3.05) is 6.54 Å². The van der Waals surface area contributed by atoms with Gasteiger partial charge in [-0.25, -0.2) is 13.1 Å². The first-order chi connectivity index (χ1) is 6.02. The summed E-state index contributed by atoms with van der Waals surface area (Å²) in [5, 5.41) is 9.46. The van der Waals surface area contributed by atoms with Crippen LogP contribution in [0.4, 0.5) is 0 Å². The molecule has 0 bridgehead atoms. The average molecular weight is 205 g/mol. The Kier molecular flexibility index (Phi) is 2.13. The van der Waals surface area contributed by atoms with Gasteiger partial charge in [0.1, 0.15) is 0 Å². The zero-order valence-electron chi connectivity index (χ0n) is 7.49. The predicted molar refractivity (Wildman–Crippen MR) is 48.7 cm³/mol. The molecule has 0 saturated heterocycles. The van der Waals surface area contributed by atoms with E-state index in [1.54, 1.807) is 0 Å². The summed E-state index contributed by atoms with van der Waals surface area (Å²) >= 11 is 0. The van der Waals surface area contributed by atoms with E-state index in [9.17, 15) is 13.5 Å². The molecule has 0 aromatic carbocycles.